The Morgan fingerprint density at radius 3 is 1.52 bits per heavy atom. The molecule has 23 heavy (non-hydrogen) atoms. The molecule has 0 aliphatic rings. The van der Waals surface area contributed by atoms with Crippen LogP contribution in [0.2, 0.25) is 0 Å². The number of para-hydroxylation sites is 2. The van der Waals surface area contributed by atoms with Crippen LogP contribution in [0.15, 0.2) is 48.5 Å². The Labute approximate surface area is 139 Å². The summed E-state index contributed by atoms with van der Waals surface area (Å²) < 4.78 is 10.9. The van der Waals surface area contributed by atoms with Crippen molar-refractivity contribution in [1.29, 1.82) is 0 Å². The predicted molar refractivity (Wildman–Crippen MR) is 95.5 cm³/mol. The van der Waals surface area contributed by atoms with E-state index in [1.807, 2.05) is 24.3 Å². The first kappa shape index (κ1) is 17.4. The van der Waals surface area contributed by atoms with Crippen molar-refractivity contribution in [2.24, 2.45) is 0 Å². The Balaban J connectivity index is 1.93. The maximum absolute atomic E-state index is 5.43. The van der Waals surface area contributed by atoms with Crippen molar-refractivity contribution in [2.45, 2.75) is 38.8 Å². The molecule has 2 rings (SSSR count). The number of nitrogens with one attached hydrogen (secondary N) is 1. The molecule has 0 spiro atoms. The number of ether oxygens (including phenoxy) is 2. The van der Waals surface area contributed by atoms with E-state index in [-0.39, 0.29) is 0 Å². The average Bonchev–Trinajstić information content (AvgIpc) is 2.55. The molecule has 0 bridgehead atoms. The Morgan fingerprint density at radius 2 is 1.13 bits per heavy atom. The van der Waals surface area contributed by atoms with E-state index in [9.17, 15) is 0 Å². The molecule has 2 atom stereocenters. The first-order valence-electron chi connectivity index (χ1n) is 8.14. The van der Waals surface area contributed by atoms with Crippen LogP contribution < -0.4 is 14.8 Å². The highest BCUT2D eigenvalue weighted by atomic mass is 16.5. The van der Waals surface area contributed by atoms with Gasteiger partial charge in [-0.05, 0) is 49.9 Å². The Hall–Kier alpha value is -2.00. The molecular formula is C20H27NO2. The Bertz CT molecular complexity index is 559. The van der Waals surface area contributed by atoms with Gasteiger partial charge in [-0.2, -0.15) is 0 Å². The van der Waals surface area contributed by atoms with Gasteiger partial charge < -0.3 is 14.8 Å². The van der Waals surface area contributed by atoms with Gasteiger partial charge in [0.15, 0.2) is 0 Å². The van der Waals surface area contributed by atoms with Gasteiger partial charge in [0.25, 0.3) is 0 Å². The summed E-state index contributed by atoms with van der Waals surface area (Å²) >= 11 is 0. The summed E-state index contributed by atoms with van der Waals surface area (Å²) in [6, 6.07) is 17.2. The zero-order valence-electron chi connectivity index (χ0n) is 14.5. The van der Waals surface area contributed by atoms with Crippen LogP contribution in [-0.4, -0.2) is 26.3 Å². The molecule has 1 N–H and O–H groups in total. The van der Waals surface area contributed by atoms with Crippen molar-refractivity contribution < 1.29 is 9.47 Å². The van der Waals surface area contributed by atoms with Crippen LogP contribution in [-0.2, 0) is 12.8 Å². The summed E-state index contributed by atoms with van der Waals surface area (Å²) in [4.78, 5) is 0. The molecule has 0 saturated heterocycles. The van der Waals surface area contributed by atoms with E-state index in [1.54, 1.807) is 14.2 Å². The van der Waals surface area contributed by atoms with Gasteiger partial charge in [0, 0.05) is 12.1 Å². The molecule has 3 heteroatoms. The number of hydrogen-bond acceptors (Lipinski definition) is 3. The molecule has 0 aliphatic carbocycles. The summed E-state index contributed by atoms with van der Waals surface area (Å²) in [5, 5.41) is 3.67. The minimum Gasteiger partial charge on any atom is -0.496 e. The smallest absolute Gasteiger partial charge is 0.122 e. The first-order valence-corrected chi connectivity index (χ1v) is 8.14. The highest BCUT2D eigenvalue weighted by molar-refractivity contribution is 5.34. The number of rotatable bonds is 8. The third kappa shape index (κ3) is 5.00. The van der Waals surface area contributed by atoms with Crippen molar-refractivity contribution >= 4 is 0 Å². The minimum atomic E-state index is 0.371. The molecule has 0 fully saturated rings. The molecular weight excluding hydrogens is 286 g/mol. The van der Waals surface area contributed by atoms with Crippen LogP contribution in [0.4, 0.5) is 0 Å². The normalized spacial score (nSPS) is 13.4. The summed E-state index contributed by atoms with van der Waals surface area (Å²) in [6.45, 7) is 4.43. The summed E-state index contributed by atoms with van der Waals surface area (Å²) in [6.07, 6.45) is 1.89. The standard InChI is InChI=1S/C20H27NO2/c1-15(13-17-9-5-7-11-19(17)22-3)21-16(2)14-18-10-6-8-12-20(18)23-4/h5-12,15-16,21H,13-14H2,1-4H3. The van der Waals surface area contributed by atoms with Crippen molar-refractivity contribution in [2.75, 3.05) is 14.2 Å². The van der Waals surface area contributed by atoms with Crippen molar-refractivity contribution in [1.82, 2.24) is 5.32 Å². The highest BCUT2D eigenvalue weighted by Crippen LogP contribution is 2.21. The molecule has 124 valence electrons. The molecule has 2 unspecified atom stereocenters. The first-order chi connectivity index (χ1) is 11.1. The second-order valence-electron chi connectivity index (χ2n) is 6.00. The van der Waals surface area contributed by atoms with E-state index in [1.165, 1.54) is 11.1 Å². The fraction of sp³-hybridized carbons (Fsp3) is 0.400. The van der Waals surface area contributed by atoms with Gasteiger partial charge >= 0.3 is 0 Å². The third-order valence-corrected chi connectivity index (χ3v) is 4.01. The zero-order valence-corrected chi connectivity index (χ0v) is 14.5. The molecule has 0 radical (unpaired) electrons. The van der Waals surface area contributed by atoms with Gasteiger partial charge in [-0.1, -0.05) is 36.4 Å². The minimum absolute atomic E-state index is 0.371. The van der Waals surface area contributed by atoms with Crippen LogP contribution in [0.25, 0.3) is 0 Å². The number of hydrogen-bond donors (Lipinski definition) is 1. The van der Waals surface area contributed by atoms with E-state index in [4.69, 9.17) is 9.47 Å². The van der Waals surface area contributed by atoms with Crippen LogP contribution in [0.3, 0.4) is 0 Å². The van der Waals surface area contributed by atoms with Crippen LogP contribution >= 0.6 is 0 Å². The predicted octanol–water partition coefficient (Wildman–Crippen LogP) is 3.86. The molecule has 0 aromatic heterocycles. The van der Waals surface area contributed by atoms with E-state index in [2.05, 4.69) is 43.4 Å². The summed E-state index contributed by atoms with van der Waals surface area (Å²) in [5.41, 5.74) is 2.47. The van der Waals surface area contributed by atoms with Gasteiger partial charge in [0.1, 0.15) is 11.5 Å². The average molecular weight is 313 g/mol. The Kier molecular flexibility index (Phi) is 6.48. The van der Waals surface area contributed by atoms with Crippen molar-refractivity contribution in [3.05, 3.63) is 59.7 Å². The summed E-state index contributed by atoms with van der Waals surface area (Å²) in [7, 11) is 3.45. The Morgan fingerprint density at radius 1 is 0.739 bits per heavy atom. The van der Waals surface area contributed by atoms with E-state index >= 15 is 0 Å². The van der Waals surface area contributed by atoms with Gasteiger partial charge in [0.05, 0.1) is 14.2 Å². The third-order valence-electron chi connectivity index (χ3n) is 4.01. The van der Waals surface area contributed by atoms with Gasteiger partial charge in [0.2, 0.25) is 0 Å². The fourth-order valence-corrected chi connectivity index (χ4v) is 3.01. The molecule has 2 aromatic rings. The van der Waals surface area contributed by atoms with Crippen LogP contribution in [0.1, 0.15) is 25.0 Å². The van der Waals surface area contributed by atoms with Gasteiger partial charge in [-0.3, -0.25) is 0 Å². The largest absolute Gasteiger partial charge is 0.496 e. The molecule has 3 nitrogen and oxygen atoms in total. The van der Waals surface area contributed by atoms with Crippen molar-refractivity contribution in [3.8, 4) is 11.5 Å². The lowest BCUT2D eigenvalue weighted by atomic mass is 10.0. The summed E-state index contributed by atoms with van der Waals surface area (Å²) in [5.74, 6) is 1.91. The van der Waals surface area contributed by atoms with Crippen LogP contribution in [0.5, 0.6) is 11.5 Å². The fourth-order valence-electron chi connectivity index (χ4n) is 3.01. The number of benzene rings is 2. The van der Waals surface area contributed by atoms with Crippen molar-refractivity contribution in [3.63, 3.8) is 0 Å². The second kappa shape index (κ2) is 8.59. The topological polar surface area (TPSA) is 30.5 Å². The lowest BCUT2D eigenvalue weighted by molar-refractivity contribution is 0.396. The van der Waals surface area contributed by atoms with E-state index in [0.717, 1.165) is 24.3 Å². The van der Waals surface area contributed by atoms with Gasteiger partial charge in [-0.15, -0.1) is 0 Å². The van der Waals surface area contributed by atoms with Crippen LogP contribution in [0, 0.1) is 0 Å². The molecule has 0 aliphatic heterocycles. The van der Waals surface area contributed by atoms with Gasteiger partial charge in [-0.25, -0.2) is 0 Å². The molecule has 0 amide bonds. The SMILES string of the molecule is COc1ccccc1CC(C)NC(C)Cc1ccccc1OC. The quantitative estimate of drug-likeness (QED) is 0.803. The highest BCUT2D eigenvalue weighted by Gasteiger charge is 2.13. The molecule has 0 heterocycles. The van der Waals surface area contributed by atoms with E-state index in [0.29, 0.717) is 12.1 Å². The lowest BCUT2D eigenvalue weighted by Crippen LogP contribution is -2.37. The van der Waals surface area contributed by atoms with E-state index < -0.39 is 0 Å². The molecule has 2 aromatic carbocycles. The monoisotopic (exact) mass is 313 g/mol. The maximum Gasteiger partial charge on any atom is 0.122 e. The maximum atomic E-state index is 5.43. The zero-order chi connectivity index (χ0) is 16.7. The molecule has 0 saturated carbocycles. The lowest BCUT2D eigenvalue weighted by Gasteiger charge is -2.21. The second-order valence-corrected chi connectivity index (χ2v) is 6.00. The number of methoxy groups -OCH3 is 2.